The molecule has 0 fully saturated rings. The summed E-state index contributed by atoms with van der Waals surface area (Å²) < 4.78 is 4.59. The zero-order valence-corrected chi connectivity index (χ0v) is 11.8. The summed E-state index contributed by atoms with van der Waals surface area (Å²) in [5, 5.41) is 23.4. The number of aliphatic hydroxyl groups excluding tert-OH is 2. The molecule has 1 rings (SSSR count). The second-order valence-corrected chi connectivity index (χ2v) is 4.53. The van der Waals surface area contributed by atoms with Gasteiger partial charge in [-0.2, -0.15) is 0 Å². The van der Waals surface area contributed by atoms with Crippen molar-refractivity contribution in [3.8, 4) is 0 Å². The normalized spacial score (nSPS) is 13.1. The van der Waals surface area contributed by atoms with Gasteiger partial charge in [-0.15, -0.1) is 0 Å². The van der Waals surface area contributed by atoms with Gasteiger partial charge in [-0.05, 0) is 29.5 Å². The summed E-state index contributed by atoms with van der Waals surface area (Å²) in [5.41, 5.74) is 9.54. The summed E-state index contributed by atoms with van der Waals surface area (Å²) in [6, 6.07) is 7.05. The van der Waals surface area contributed by atoms with Gasteiger partial charge in [-0.3, -0.25) is 4.79 Å². The highest BCUT2D eigenvalue weighted by Crippen LogP contribution is 2.24. The Kier molecular flexibility index (Phi) is 7.25. The van der Waals surface area contributed by atoms with Gasteiger partial charge in [0.1, 0.15) is 6.10 Å². The minimum absolute atomic E-state index is 0.110. The Morgan fingerprint density at radius 3 is 2.81 bits per heavy atom. The van der Waals surface area contributed by atoms with Crippen LogP contribution in [0, 0.1) is 0 Å². The van der Waals surface area contributed by atoms with Gasteiger partial charge < -0.3 is 14.9 Å². The summed E-state index contributed by atoms with van der Waals surface area (Å²) in [7, 11) is 1.32. The Bertz CT molecular complexity index is 515. The molecule has 0 radical (unpaired) electrons. The molecule has 7 heteroatoms. The molecule has 2 unspecified atom stereocenters. The van der Waals surface area contributed by atoms with E-state index in [0.717, 1.165) is 5.56 Å². The van der Waals surface area contributed by atoms with E-state index in [2.05, 4.69) is 14.8 Å². The molecule has 0 saturated carbocycles. The van der Waals surface area contributed by atoms with E-state index in [1.165, 1.54) is 7.11 Å². The van der Waals surface area contributed by atoms with Crippen LogP contribution in [0.5, 0.6) is 0 Å². The highest BCUT2D eigenvalue weighted by atomic mass is 16.5. The van der Waals surface area contributed by atoms with Crippen LogP contribution in [0.15, 0.2) is 29.4 Å². The zero-order chi connectivity index (χ0) is 15.7. The van der Waals surface area contributed by atoms with Crippen LogP contribution in [0.25, 0.3) is 10.4 Å². The molecule has 114 valence electrons. The molecule has 2 atom stereocenters. The average molecular weight is 293 g/mol. The summed E-state index contributed by atoms with van der Waals surface area (Å²) in [6.45, 7) is 0.110. The number of carbonyl (C=O) groups is 1. The van der Waals surface area contributed by atoms with E-state index < -0.39 is 12.2 Å². The van der Waals surface area contributed by atoms with Crippen molar-refractivity contribution in [2.75, 3.05) is 13.7 Å². The number of ether oxygens (including phenoxy) is 1. The Hall–Kier alpha value is -2.08. The molecule has 0 spiro atoms. The number of nitrogens with zero attached hydrogens (tertiary/aromatic N) is 3. The van der Waals surface area contributed by atoms with Gasteiger partial charge >= 0.3 is 5.97 Å². The molecular weight excluding hydrogens is 274 g/mol. The molecule has 21 heavy (non-hydrogen) atoms. The number of azide groups is 1. The van der Waals surface area contributed by atoms with Crippen molar-refractivity contribution in [1.82, 2.24) is 0 Å². The maximum atomic E-state index is 11.2. The largest absolute Gasteiger partial charge is 0.469 e. The quantitative estimate of drug-likeness (QED) is 0.329. The van der Waals surface area contributed by atoms with Crippen LogP contribution in [0.3, 0.4) is 0 Å². The SMILES string of the molecule is COC(=O)CCc1ccccc1C(O)C(O)CCN=[N+]=[N-]. The number of hydrogen-bond donors (Lipinski definition) is 2. The number of methoxy groups -OCH3 is 1. The maximum absolute atomic E-state index is 11.2. The van der Waals surface area contributed by atoms with Crippen molar-refractivity contribution in [1.29, 1.82) is 0 Å². The Labute approximate surface area is 122 Å². The van der Waals surface area contributed by atoms with Gasteiger partial charge in [0.2, 0.25) is 0 Å². The molecule has 0 aliphatic heterocycles. The fraction of sp³-hybridized carbons (Fsp3) is 0.500. The monoisotopic (exact) mass is 293 g/mol. The lowest BCUT2D eigenvalue weighted by molar-refractivity contribution is -0.140. The van der Waals surface area contributed by atoms with Crippen molar-refractivity contribution >= 4 is 5.97 Å². The van der Waals surface area contributed by atoms with E-state index in [9.17, 15) is 15.0 Å². The van der Waals surface area contributed by atoms with Crippen molar-refractivity contribution in [3.05, 3.63) is 45.8 Å². The molecule has 0 bridgehead atoms. The Balaban J connectivity index is 2.76. The highest BCUT2D eigenvalue weighted by Gasteiger charge is 2.20. The fourth-order valence-corrected chi connectivity index (χ4v) is 1.99. The molecule has 0 aliphatic rings. The molecule has 0 aliphatic carbocycles. The molecule has 0 heterocycles. The minimum Gasteiger partial charge on any atom is -0.469 e. The van der Waals surface area contributed by atoms with Crippen molar-refractivity contribution in [2.24, 2.45) is 5.11 Å². The van der Waals surface area contributed by atoms with E-state index in [-0.39, 0.29) is 25.4 Å². The predicted molar refractivity (Wildman–Crippen MR) is 76.4 cm³/mol. The number of aliphatic hydroxyl groups is 2. The van der Waals surface area contributed by atoms with Crippen LogP contribution in [-0.2, 0) is 16.0 Å². The number of carbonyl (C=O) groups excluding carboxylic acids is 1. The van der Waals surface area contributed by atoms with Crippen LogP contribution >= 0.6 is 0 Å². The van der Waals surface area contributed by atoms with Crippen molar-refractivity contribution in [2.45, 2.75) is 31.5 Å². The molecular formula is C14H19N3O4. The van der Waals surface area contributed by atoms with Gasteiger partial charge in [0.05, 0.1) is 13.2 Å². The van der Waals surface area contributed by atoms with Gasteiger partial charge in [0.15, 0.2) is 0 Å². The van der Waals surface area contributed by atoms with E-state index in [0.29, 0.717) is 12.0 Å². The first-order valence-electron chi connectivity index (χ1n) is 6.61. The fourth-order valence-electron chi connectivity index (χ4n) is 1.99. The van der Waals surface area contributed by atoms with E-state index >= 15 is 0 Å². The lowest BCUT2D eigenvalue weighted by atomic mass is 9.94. The van der Waals surface area contributed by atoms with Gasteiger partial charge in [0.25, 0.3) is 0 Å². The molecule has 2 N–H and O–H groups in total. The smallest absolute Gasteiger partial charge is 0.305 e. The topological polar surface area (TPSA) is 116 Å². The second kappa shape index (κ2) is 8.97. The standard InChI is InChI=1S/C14H19N3O4/c1-21-13(19)7-6-10-4-2-3-5-11(10)14(20)12(18)8-9-16-17-15/h2-5,12,14,18,20H,6-9H2,1H3. The van der Waals surface area contributed by atoms with Crippen LogP contribution in [-0.4, -0.2) is 35.9 Å². The number of aryl methyl sites for hydroxylation is 1. The number of esters is 1. The lowest BCUT2D eigenvalue weighted by Gasteiger charge is -2.20. The molecule has 7 nitrogen and oxygen atoms in total. The Morgan fingerprint density at radius 2 is 2.14 bits per heavy atom. The summed E-state index contributed by atoms with van der Waals surface area (Å²) in [6.07, 6.45) is -1.34. The van der Waals surface area contributed by atoms with Crippen LogP contribution in [0.1, 0.15) is 30.1 Å². The van der Waals surface area contributed by atoms with Gasteiger partial charge in [-0.1, -0.05) is 29.4 Å². The minimum atomic E-state index is -1.09. The molecule has 0 saturated heterocycles. The maximum Gasteiger partial charge on any atom is 0.305 e. The van der Waals surface area contributed by atoms with Gasteiger partial charge in [0, 0.05) is 17.9 Å². The van der Waals surface area contributed by atoms with Crippen molar-refractivity contribution in [3.63, 3.8) is 0 Å². The second-order valence-electron chi connectivity index (χ2n) is 4.53. The molecule has 1 aromatic rings. The summed E-state index contributed by atoms with van der Waals surface area (Å²) in [4.78, 5) is 13.8. The Morgan fingerprint density at radius 1 is 1.43 bits per heavy atom. The van der Waals surface area contributed by atoms with Crippen LogP contribution < -0.4 is 0 Å². The predicted octanol–water partition coefficient (Wildman–Crippen LogP) is 1.89. The zero-order valence-electron chi connectivity index (χ0n) is 11.8. The number of hydrogen-bond acceptors (Lipinski definition) is 5. The molecule has 0 aromatic heterocycles. The third kappa shape index (κ3) is 5.43. The first-order valence-corrected chi connectivity index (χ1v) is 6.61. The summed E-state index contributed by atoms with van der Waals surface area (Å²) >= 11 is 0. The molecule has 0 amide bonds. The van der Waals surface area contributed by atoms with E-state index in [1.54, 1.807) is 24.3 Å². The lowest BCUT2D eigenvalue weighted by Crippen LogP contribution is -2.20. The first kappa shape index (κ1) is 17.0. The average Bonchev–Trinajstić information content (AvgIpc) is 2.52. The first-order chi connectivity index (χ1) is 10.1. The van der Waals surface area contributed by atoms with Crippen LogP contribution in [0.4, 0.5) is 0 Å². The number of benzene rings is 1. The third-order valence-corrected chi connectivity index (χ3v) is 3.15. The van der Waals surface area contributed by atoms with E-state index in [1.807, 2.05) is 0 Å². The van der Waals surface area contributed by atoms with E-state index in [4.69, 9.17) is 5.53 Å². The highest BCUT2D eigenvalue weighted by molar-refractivity contribution is 5.69. The third-order valence-electron chi connectivity index (χ3n) is 3.15. The van der Waals surface area contributed by atoms with Crippen molar-refractivity contribution < 1.29 is 19.7 Å². The van der Waals surface area contributed by atoms with Gasteiger partial charge in [-0.25, -0.2) is 0 Å². The van der Waals surface area contributed by atoms with Crippen LogP contribution in [0.2, 0.25) is 0 Å². The summed E-state index contributed by atoms with van der Waals surface area (Å²) in [5.74, 6) is -0.330. The number of rotatable bonds is 8. The molecule has 1 aromatic carbocycles.